The Morgan fingerprint density at radius 2 is 1.08 bits per heavy atom. The number of nitrogens with one attached hydrogen (secondary N) is 2. The van der Waals surface area contributed by atoms with E-state index in [1.807, 2.05) is 9.36 Å². The molecule has 4 aromatic rings. The number of isocyanates is 1. The number of carbonyl (C=O) groups excluding carboxylic acids is 2. The zero-order chi connectivity index (χ0) is 45.9. The topological polar surface area (TPSA) is 207 Å². The SMILES string of the molecule is CC(c1cc(S(=O)(=O)NC(=O)Nc2c3c(cc4c2CCC4)CCC3)nn1C1CC1)N1CCC1.CC(c1cc(S(N)(=O)=O)nn1C1CC1)N1CCC1.O=C=Nc1c2c(cc3c1CCC3)CCC2. The fourth-order valence-corrected chi connectivity index (χ4v) is 12.3. The van der Waals surface area contributed by atoms with Crippen LogP contribution in [-0.2, 0) is 76.2 Å². The number of fused-ring (bicyclic) bond motifs is 4. The molecule has 2 aromatic heterocycles. The molecule has 18 heteroatoms. The summed E-state index contributed by atoms with van der Waals surface area (Å²) in [7, 11) is -7.78. The van der Waals surface area contributed by atoms with Crippen LogP contribution in [0.2, 0.25) is 0 Å². The van der Waals surface area contributed by atoms with Crippen LogP contribution in [-0.4, -0.2) is 84.5 Å². The van der Waals surface area contributed by atoms with Crippen LogP contribution in [0.1, 0.15) is 158 Å². The number of primary sulfonamides is 1. The Labute approximate surface area is 387 Å². The van der Waals surface area contributed by atoms with E-state index in [0.717, 1.165) is 139 Å². The molecule has 2 amide bonds. The van der Waals surface area contributed by atoms with Gasteiger partial charge in [0.15, 0.2) is 10.1 Å². The van der Waals surface area contributed by atoms with Gasteiger partial charge in [-0.2, -0.15) is 23.6 Å². The quantitative estimate of drug-likeness (QED) is 0.107. The van der Waals surface area contributed by atoms with Gasteiger partial charge >= 0.3 is 6.03 Å². The van der Waals surface area contributed by atoms with Gasteiger partial charge in [-0.1, -0.05) is 12.1 Å². The summed E-state index contributed by atoms with van der Waals surface area (Å²) in [5.41, 5.74) is 14.1. The number of amides is 2. The van der Waals surface area contributed by atoms with Gasteiger partial charge in [-0.05, 0) is 174 Å². The van der Waals surface area contributed by atoms with Crippen LogP contribution in [0.4, 0.5) is 16.2 Å². The third-order valence-electron chi connectivity index (χ3n) is 15.1. The Kier molecular flexibility index (Phi) is 12.3. The minimum Gasteiger partial charge on any atom is -0.307 e. The molecule has 2 atom stereocenters. The average Bonchev–Trinajstić information content (AvgIpc) is 3.74. The molecule has 2 unspecified atom stereocenters. The molecular weight excluding hydrogens is 877 g/mol. The van der Waals surface area contributed by atoms with Gasteiger partial charge in [-0.3, -0.25) is 19.2 Å². The summed E-state index contributed by atoms with van der Waals surface area (Å²) < 4.78 is 55.0. The van der Waals surface area contributed by atoms with Crippen molar-refractivity contribution >= 4 is 43.5 Å². The van der Waals surface area contributed by atoms with Crippen molar-refractivity contribution in [2.24, 2.45) is 10.1 Å². The minimum atomic E-state index is -4.08. The molecule has 2 aliphatic heterocycles. The number of likely N-dealkylation sites (tertiary alicyclic amines) is 2. The second-order valence-corrected chi connectivity index (χ2v) is 22.7. The number of nitrogens with zero attached hydrogens (tertiary/aromatic N) is 7. The number of benzene rings is 2. The number of aromatic nitrogens is 4. The van der Waals surface area contributed by atoms with Gasteiger partial charge in [0.25, 0.3) is 20.0 Å². The Morgan fingerprint density at radius 1 is 0.652 bits per heavy atom. The molecule has 66 heavy (non-hydrogen) atoms. The molecule has 16 nitrogen and oxygen atoms in total. The molecule has 12 rings (SSSR count). The third-order valence-corrected chi connectivity index (χ3v) is 17.1. The van der Waals surface area contributed by atoms with E-state index in [1.165, 1.54) is 70.2 Å². The van der Waals surface area contributed by atoms with E-state index in [2.05, 4.69) is 61.0 Å². The lowest BCUT2D eigenvalue weighted by Gasteiger charge is -2.36. The zero-order valence-electron chi connectivity index (χ0n) is 38.1. The summed E-state index contributed by atoms with van der Waals surface area (Å²) in [5, 5.41) is 16.6. The molecule has 4 N–H and O–H groups in total. The lowest BCUT2D eigenvalue weighted by molar-refractivity contribution is 0.122. The molecule has 0 bridgehead atoms. The maximum Gasteiger partial charge on any atom is 0.333 e. The van der Waals surface area contributed by atoms with E-state index < -0.39 is 26.1 Å². The van der Waals surface area contributed by atoms with E-state index in [1.54, 1.807) is 18.2 Å². The number of urea groups is 1. The van der Waals surface area contributed by atoms with Gasteiger partial charge in [0.2, 0.25) is 6.08 Å². The predicted molar refractivity (Wildman–Crippen MR) is 250 cm³/mol. The number of aliphatic imine (C=N–C) groups is 1. The summed E-state index contributed by atoms with van der Waals surface area (Å²) >= 11 is 0. The van der Waals surface area contributed by atoms with Gasteiger partial charge in [0.1, 0.15) is 0 Å². The smallest absolute Gasteiger partial charge is 0.307 e. The Balaban J connectivity index is 0.000000130. The third kappa shape index (κ3) is 9.04. The Hall–Kier alpha value is -4.71. The second kappa shape index (κ2) is 18.1. The van der Waals surface area contributed by atoms with Crippen LogP contribution in [0.25, 0.3) is 0 Å². The van der Waals surface area contributed by atoms with Crippen molar-refractivity contribution in [2.75, 3.05) is 31.5 Å². The number of hydrogen-bond donors (Lipinski definition) is 3. The second-order valence-electron chi connectivity index (χ2n) is 19.5. The van der Waals surface area contributed by atoms with Gasteiger partial charge < -0.3 is 5.32 Å². The highest BCUT2D eigenvalue weighted by Crippen LogP contribution is 2.43. The van der Waals surface area contributed by atoms with Gasteiger partial charge in [0, 0.05) is 56.1 Å². The van der Waals surface area contributed by atoms with E-state index in [0.29, 0.717) is 6.04 Å². The molecule has 352 valence electrons. The van der Waals surface area contributed by atoms with Crippen molar-refractivity contribution in [2.45, 2.75) is 164 Å². The highest BCUT2D eigenvalue weighted by atomic mass is 32.2. The minimum absolute atomic E-state index is 0.00299. The van der Waals surface area contributed by atoms with Crippen LogP contribution in [0.5, 0.6) is 0 Å². The van der Waals surface area contributed by atoms with E-state index in [-0.39, 0.29) is 28.2 Å². The maximum absolute atomic E-state index is 13.1. The van der Waals surface area contributed by atoms with Crippen LogP contribution in [0.3, 0.4) is 0 Å². The first-order chi connectivity index (χ1) is 31.8. The van der Waals surface area contributed by atoms with Crippen molar-refractivity contribution in [3.05, 3.63) is 80.2 Å². The summed E-state index contributed by atoms with van der Waals surface area (Å²) in [5.74, 6) is 0. The molecule has 4 fully saturated rings. The molecule has 2 saturated carbocycles. The number of aryl methyl sites for hydroxylation is 4. The van der Waals surface area contributed by atoms with E-state index in [9.17, 15) is 26.4 Å². The molecule has 4 heterocycles. The Bertz CT molecular complexity index is 2770. The molecule has 8 aliphatic rings. The van der Waals surface area contributed by atoms with Crippen molar-refractivity contribution in [1.29, 1.82) is 0 Å². The van der Waals surface area contributed by atoms with Gasteiger partial charge in [-0.15, -0.1) is 0 Å². The number of nitrogens with two attached hydrogens (primary N) is 1. The lowest BCUT2D eigenvalue weighted by Crippen LogP contribution is -2.39. The fourth-order valence-electron chi connectivity index (χ4n) is 11.0. The molecule has 6 aliphatic carbocycles. The van der Waals surface area contributed by atoms with Crippen LogP contribution in [0, 0.1) is 0 Å². The van der Waals surface area contributed by atoms with Crippen molar-refractivity contribution in [3.63, 3.8) is 0 Å². The molecule has 0 radical (unpaired) electrons. The van der Waals surface area contributed by atoms with Crippen LogP contribution >= 0.6 is 0 Å². The monoisotopic (exact) mass is 938 g/mol. The average molecular weight is 939 g/mol. The largest absolute Gasteiger partial charge is 0.333 e. The van der Waals surface area contributed by atoms with E-state index in [4.69, 9.17) is 5.14 Å². The highest BCUT2D eigenvalue weighted by molar-refractivity contribution is 7.90. The number of hydrogen-bond acceptors (Lipinski definition) is 11. The standard InChI is InChI=1S/C24H31N5O3S.C13H13NO.C11H18N4O2S/c1-15(28-11-4-12-28)21-14-22(26-29(21)18-9-10-18)33(31,32)27-24(30)25-23-19-7-2-5-16(19)13-17-6-3-8-20(17)23;15-8-14-13-11-5-1-3-9(11)7-10-4-2-6-12(10)13;1-8(14-5-2-6-14)10-7-11(18(12,16)17)13-15(10)9-3-4-9/h13-15,18H,2-12H2,1H3,(H2,25,27,30);7H,1-6H2;7-9H,2-6H2,1H3,(H2,12,16,17). The number of rotatable bonds is 11. The van der Waals surface area contributed by atoms with Crippen LogP contribution in [0.15, 0.2) is 39.3 Å². The van der Waals surface area contributed by atoms with Crippen molar-refractivity contribution in [1.82, 2.24) is 34.1 Å². The summed E-state index contributed by atoms with van der Waals surface area (Å²) in [6.07, 6.45) is 21.2. The van der Waals surface area contributed by atoms with E-state index >= 15 is 0 Å². The first-order valence-corrected chi connectivity index (χ1v) is 27.2. The fraction of sp³-hybridized carbons (Fsp3) is 0.583. The normalized spacial score (nSPS) is 20.5. The lowest BCUT2D eigenvalue weighted by atomic mass is 9.99. The summed E-state index contributed by atoms with van der Waals surface area (Å²) in [6.45, 7) is 8.38. The number of carbonyl (C=O) groups is 1. The van der Waals surface area contributed by atoms with Gasteiger partial charge in [0.05, 0.1) is 29.2 Å². The first-order valence-electron chi connectivity index (χ1n) is 24.2. The zero-order valence-corrected chi connectivity index (χ0v) is 39.8. The predicted octanol–water partition coefficient (Wildman–Crippen LogP) is 6.74. The summed E-state index contributed by atoms with van der Waals surface area (Å²) in [4.78, 5) is 32.0. The molecule has 2 saturated heterocycles. The molecular formula is C48H62N10O6S2. The highest BCUT2D eigenvalue weighted by Gasteiger charge is 2.36. The first kappa shape index (κ1) is 45.1. The summed E-state index contributed by atoms with van der Waals surface area (Å²) in [6, 6.07) is 8.15. The van der Waals surface area contributed by atoms with Gasteiger partial charge in [-0.25, -0.2) is 27.9 Å². The maximum atomic E-state index is 13.1. The van der Waals surface area contributed by atoms with Crippen molar-refractivity contribution in [3.8, 4) is 0 Å². The van der Waals surface area contributed by atoms with Crippen molar-refractivity contribution < 1.29 is 26.4 Å². The number of sulfonamides is 2. The number of anilines is 1. The molecule has 2 aromatic carbocycles. The van der Waals surface area contributed by atoms with Crippen LogP contribution < -0.4 is 15.2 Å². The molecule has 0 spiro atoms. The Morgan fingerprint density at radius 3 is 1.48 bits per heavy atom.